The number of hydrogen-bond acceptors (Lipinski definition) is 6. The van der Waals surface area contributed by atoms with Crippen molar-refractivity contribution < 1.29 is 9.53 Å². The van der Waals surface area contributed by atoms with Crippen molar-refractivity contribution in [1.29, 1.82) is 0 Å². The van der Waals surface area contributed by atoms with E-state index in [1.165, 1.54) is 23.1 Å². The van der Waals surface area contributed by atoms with Crippen LogP contribution in [-0.4, -0.2) is 23.3 Å². The van der Waals surface area contributed by atoms with Gasteiger partial charge in [0.05, 0.1) is 18.1 Å². The van der Waals surface area contributed by atoms with Gasteiger partial charge in [-0.2, -0.15) is 0 Å². The predicted molar refractivity (Wildman–Crippen MR) is 109 cm³/mol. The Morgan fingerprint density at radius 3 is 2.85 bits per heavy atom. The highest BCUT2D eigenvalue weighted by Gasteiger charge is 2.16. The standard InChI is InChI=1S/C19H19N3O2S2/c1-12(26-16-8-4-6-14(20)10-16)18(23)22-19-21-17(11-25-19)13-5-3-7-15(9-13)24-2/h3-12H,20H2,1-2H3,(H,21,22,23). The molecule has 2 aromatic carbocycles. The van der Waals surface area contributed by atoms with E-state index in [1.807, 2.05) is 60.8 Å². The van der Waals surface area contributed by atoms with Crippen LogP contribution in [0.5, 0.6) is 5.75 Å². The minimum atomic E-state index is -0.263. The van der Waals surface area contributed by atoms with Crippen molar-refractivity contribution in [2.45, 2.75) is 17.1 Å². The summed E-state index contributed by atoms with van der Waals surface area (Å²) in [5.74, 6) is 0.678. The van der Waals surface area contributed by atoms with E-state index in [4.69, 9.17) is 10.5 Å². The second kappa shape index (κ2) is 8.25. The van der Waals surface area contributed by atoms with Crippen molar-refractivity contribution in [2.75, 3.05) is 18.2 Å². The van der Waals surface area contributed by atoms with Crippen molar-refractivity contribution in [3.63, 3.8) is 0 Å². The van der Waals surface area contributed by atoms with Gasteiger partial charge >= 0.3 is 0 Å². The molecule has 0 radical (unpaired) electrons. The Bertz CT molecular complexity index is 911. The van der Waals surface area contributed by atoms with E-state index in [2.05, 4.69) is 10.3 Å². The van der Waals surface area contributed by atoms with Gasteiger partial charge in [0.2, 0.25) is 5.91 Å². The summed E-state index contributed by atoms with van der Waals surface area (Å²) in [5.41, 5.74) is 8.22. The highest BCUT2D eigenvalue weighted by Crippen LogP contribution is 2.29. The van der Waals surface area contributed by atoms with Crippen molar-refractivity contribution in [3.8, 4) is 17.0 Å². The zero-order chi connectivity index (χ0) is 18.5. The number of nitrogens with one attached hydrogen (secondary N) is 1. The molecule has 0 aliphatic rings. The Morgan fingerprint density at radius 2 is 2.08 bits per heavy atom. The van der Waals surface area contributed by atoms with Crippen LogP contribution in [0.2, 0.25) is 0 Å². The summed E-state index contributed by atoms with van der Waals surface area (Å²) in [5, 5.41) is 5.11. The maximum atomic E-state index is 12.4. The molecule has 0 spiro atoms. The topological polar surface area (TPSA) is 77.2 Å². The number of ether oxygens (including phenoxy) is 1. The molecule has 0 aliphatic heterocycles. The lowest BCUT2D eigenvalue weighted by atomic mass is 10.2. The fourth-order valence-corrected chi connectivity index (χ4v) is 3.96. The normalized spacial score (nSPS) is 11.8. The van der Waals surface area contributed by atoms with Gasteiger partial charge in [0.15, 0.2) is 5.13 Å². The Morgan fingerprint density at radius 1 is 1.27 bits per heavy atom. The first kappa shape index (κ1) is 18.3. The molecule has 3 N–H and O–H groups in total. The van der Waals surface area contributed by atoms with E-state index in [9.17, 15) is 4.79 Å². The number of nitrogen functional groups attached to an aromatic ring is 1. The maximum Gasteiger partial charge on any atom is 0.239 e. The molecule has 0 saturated carbocycles. The van der Waals surface area contributed by atoms with E-state index in [0.717, 1.165) is 21.9 Å². The van der Waals surface area contributed by atoms with Crippen LogP contribution in [0, 0.1) is 0 Å². The predicted octanol–water partition coefficient (Wildman–Crippen LogP) is 4.52. The van der Waals surface area contributed by atoms with Crippen molar-refractivity contribution >= 4 is 39.8 Å². The number of nitrogens with zero attached hydrogens (tertiary/aromatic N) is 1. The molecular formula is C19H19N3O2S2. The first-order chi connectivity index (χ1) is 12.5. The van der Waals surface area contributed by atoms with Crippen molar-refractivity contribution in [3.05, 3.63) is 53.9 Å². The molecule has 1 aromatic heterocycles. The van der Waals surface area contributed by atoms with Gasteiger partial charge in [0, 0.05) is 21.5 Å². The third-order valence-electron chi connectivity index (χ3n) is 3.64. The molecule has 1 atom stereocenters. The van der Waals surface area contributed by atoms with Crippen LogP contribution in [-0.2, 0) is 4.79 Å². The van der Waals surface area contributed by atoms with E-state index >= 15 is 0 Å². The lowest BCUT2D eigenvalue weighted by Gasteiger charge is -2.10. The molecule has 7 heteroatoms. The lowest BCUT2D eigenvalue weighted by Crippen LogP contribution is -2.22. The van der Waals surface area contributed by atoms with Crippen LogP contribution in [0.4, 0.5) is 10.8 Å². The minimum absolute atomic E-state index is 0.0935. The van der Waals surface area contributed by atoms with Crippen LogP contribution >= 0.6 is 23.1 Å². The number of rotatable bonds is 6. The van der Waals surface area contributed by atoms with Crippen LogP contribution in [0.25, 0.3) is 11.3 Å². The molecule has 134 valence electrons. The van der Waals surface area contributed by atoms with Gasteiger partial charge in [-0.25, -0.2) is 4.98 Å². The molecule has 1 unspecified atom stereocenters. The summed E-state index contributed by atoms with van der Waals surface area (Å²) in [6.45, 7) is 1.86. The smallest absolute Gasteiger partial charge is 0.239 e. The molecule has 0 saturated heterocycles. The third kappa shape index (κ3) is 4.56. The number of anilines is 2. The number of hydrogen-bond donors (Lipinski definition) is 2. The van der Waals surface area contributed by atoms with Gasteiger partial charge in [-0.1, -0.05) is 18.2 Å². The Kier molecular flexibility index (Phi) is 5.80. The summed E-state index contributed by atoms with van der Waals surface area (Å²) in [7, 11) is 1.63. The first-order valence-electron chi connectivity index (χ1n) is 7.98. The van der Waals surface area contributed by atoms with Gasteiger partial charge in [0.25, 0.3) is 0 Å². The zero-order valence-electron chi connectivity index (χ0n) is 14.4. The number of nitrogens with two attached hydrogens (primary N) is 1. The van der Waals surface area contributed by atoms with Crippen LogP contribution in [0.3, 0.4) is 0 Å². The molecule has 0 fully saturated rings. The van der Waals surface area contributed by atoms with Crippen LogP contribution in [0.15, 0.2) is 58.8 Å². The van der Waals surface area contributed by atoms with Crippen LogP contribution < -0.4 is 15.8 Å². The largest absolute Gasteiger partial charge is 0.497 e. The quantitative estimate of drug-likeness (QED) is 0.482. The monoisotopic (exact) mass is 385 g/mol. The van der Waals surface area contributed by atoms with Crippen LogP contribution in [0.1, 0.15) is 6.92 Å². The van der Waals surface area contributed by atoms with E-state index in [0.29, 0.717) is 10.8 Å². The molecule has 0 aliphatic carbocycles. The summed E-state index contributed by atoms with van der Waals surface area (Å²) in [4.78, 5) is 17.9. The molecule has 5 nitrogen and oxygen atoms in total. The summed E-state index contributed by atoms with van der Waals surface area (Å²) in [6, 6.07) is 15.2. The van der Waals surface area contributed by atoms with Gasteiger partial charge in [-0.05, 0) is 37.3 Å². The highest BCUT2D eigenvalue weighted by molar-refractivity contribution is 8.00. The van der Waals surface area contributed by atoms with E-state index in [1.54, 1.807) is 7.11 Å². The molecule has 3 aromatic rings. The van der Waals surface area contributed by atoms with Gasteiger partial charge in [-0.3, -0.25) is 4.79 Å². The summed E-state index contributed by atoms with van der Waals surface area (Å²) >= 11 is 2.86. The second-order valence-corrected chi connectivity index (χ2v) is 7.86. The fourth-order valence-electron chi connectivity index (χ4n) is 2.30. The third-order valence-corrected chi connectivity index (χ3v) is 5.49. The van der Waals surface area contributed by atoms with E-state index in [-0.39, 0.29) is 11.2 Å². The molecule has 3 rings (SSSR count). The lowest BCUT2D eigenvalue weighted by molar-refractivity contribution is -0.115. The molecule has 1 amide bonds. The number of thioether (sulfide) groups is 1. The Labute approximate surface area is 160 Å². The van der Waals surface area contributed by atoms with Crippen molar-refractivity contribution in [2.24, 2.45) is 0 Å². The van der Waals surface area contributed by atoms with Gasteiger partial charge < -0.3 is 15.8 Å². The Hall–Kier alpha value is -2.51. The number of amides is 1. The number of carbonyl (C=O) groups excluding carboxylic acids is 1. The molecule has 0 bridgehead atoms. The minimum Gasteiger partial charge on any atom is -0.497 e. The molecule has 1 heterocycles. The summed E-state index contributed by atoms with van der Waals surface area (Å²) < 4.78 is 5.24. The number of methoxy groups -OCH3 is 1. The molecular weight excluding hydrogens is 366 g/mol. The highest BCUT2D eigenvalue weighted by atomic mass is 32.2. The number of aromatic nitrogens is 1. The average molecular weight is 386 g/mol. The molecule has 26 heavy (non-hydrogen) atoms. The Balaban J connectivity index is 1.65. The number of benzene rings is 2. The van der Waals surface area contributed by atoms with E-state index < -0.39 is 0 Å². The zero-order valence-corrected chi connectivity index (χ0v) is 16.1. The van der Waals surface area contributed by atoms with Gasteiger partial charge in [-0.15, -0.1) is 23.1 Å². The second-order valence-electron chi connectivity index (χ2n) is 5.59. The fraction of sp³-hybridized carbons (Fsp3) is 0.158. The average Bonchev–Trinajstić information content (AvgIpc) is 3.10. The number of thiazole rings is 1. The first-order valence-corrected chi connectivity index (χ1v) is 9.74. The summed E-state index contributed by atoms with van der Waals surface area (Å²) in [6.07, 6.45) is 0. The maximum absolute atomic E-state index is 12.4. The van der Waals surface area contributed by atoms with Gasteiger partial charge in [0.1, 0.15) is 5.75 Å². The number of carbonyl (C=O) groups is 1. The van der Waals surface area contributed by atoms with Crippen molar-refractivity contribution in [1.82, 2.24) is 4.98 Å². The SMILES string of the molecule is COc1cccc(-c2csc(NC(=O)C(C)Sc3cccc(N)c3)n2)c1.